The standard InChI is InChI=1S/C15H15F3N6O/c1-9-11(12(19)24(22-9)10-5-3-4-6-20-10)14(25,15(16,17)18)13-21-7-8-23(13)2/h3-8,25H,19H2,1-2H3. The molecule has 0 aliphatic rings. The molecule has 25 heavy (non-hydrogen) atoms. The Morgan fingerprint density at radius 1 is 1.16 bits per heavy atom. The van der Waals surface area contributed by atoms with Gasteiger partial charge in [0, 0.05) is 25.6 Å². The predicted molar refractivity (Wildman–Crippen MR) is 82.8 cm³/mol. The van der Waals surface area contributed by atoms with Gasteiger partial charge in [0.2, 0.25) is 5.60 Å². The van der Waals surface area contributed by atoms with Gasteiger partial charge < -0.3 is 15.4 Å². The highest BCUT2D eigenvalue weighted by Crippen LogP contribution is 2.46. The Hall–Kier alpha value is -2.88. The lowest BCUT2D eigenvalue weighted by Crippen LogP contribution is -2.46. The molecule has 3 heterocycles. The molecule has 1 unspecified atom stereocenters. The number of nitrogens with two attached hydrogens (primary N) is 1. The number of alkyl halides is 3. The fourth-order valence-electron chi connectivity index (χ4n) is 2.74. The van der Waals surface area contributed by atoms with Crippen molar-refractivity contribution in [3.63, 3.8) is 0 Å². The molecule has 0 spiro atoms. The van der Waals surface area contributed by atoms with E-state index < -0.39 is 23.2 Å². The van der Waals surface area contributed by atoms with Crippen LogP contribution in [0.1, 0.15) is 17.1 Å². The number of aliphatic hydroxyl groups is 1. The summed E-state index contributed by atoms with van der Waals surface area (Å²) in [5.41, 5.74) is 1.88. The van der Waals surface area contributed by atoms with Gasteiger partial charge >= 0.3 is 6.18 Å². The SMILES string of the molecule is Cc1nn(-c2ccccn2)c(N)c1C(O)(c1nccn1C)C(F)(F)F. The van der Waals surface area contributed by atoms with E-state index >= 15 is 0 Å². The summed E-state index contributed by atoms with van der Waals surface area (Å²) in [7, 11) is 1.35. The normalized spacial score (nSPS) is 14.5. The topological polar surface area (TPSA) is 94.8 Å². The first-order chi connectivity index (χ1) is 11.7. The van der Waals surface area contributed by atoms with E-state index in [-0.39, 0.29) is 17.3 Å². The minimum absolute atomic E-state index is 0.0778. The van der Waals surface area contributed by atoms with Crippen LogP contribution in [0.4, 0.5) is 19.0 Å². The smallest absolute Gasteiger partial charge is 0.383 e. The summed E-state index contributed by atoms with van der Waals surface area (Å²) in [6.45, 7) is 1.34. The van der Waals surface area contributed by atoms with Crippen molar-refractivity contribution in [2.45, 2.75) is 18.7 Å². The fourth-order valence-corrected chi connectivity index (χ4v) is 2.74. The number of aromatic nitrogens is 5. The number of hydrogen-bond donors (Lipinski definition) is 2. The van der Waals surface area contributed by atoms with Crippen molar-refractivity contribution in [1.82, 2.24) is 24.3 Å². The summed E-state index contributed by atoms with van der Waals surface area (Å²) < 4.78 is 43.8. The van der Waals surface area contributed by atoms with Crippen molar-refractivity contribution in [1.29, 1.82) is 0 Å². The van der Waals surface area contributed by atoms with E-state index in [9.17, 15) is 18.3 Å². The molecule has 0 aliphatic carbocycles. The van der Waals surface area contributed by atoms with E-state index in [0.29, 0.717) is 0 Å². The van der Waals surface area contributed by atoms with Gasteiger partial charge in [0.25, 0.3) is 0 Å². The molecule has 10 heteroatoms. The Bertz CT molecular complexity index is 902. The van der Waals surface area contributed by atoms with E-state index in [1.807, 2.05) is 0 Å². The average Bonchev–Trinajstić information content (AvgIpc) is 3.10. The first-order valence-corrected chi connectivity index (χ1v) is 7.21. The highest BCUT2D eigenvalue weighted by molar-refractivity contribution is 5.54. The van der Waals surface area contributed by atoms with Crippen molar-refractivity contribution >= 4 is 5.82 Å². The average molecular weight is 352 g/mol. The minimum Gasteiger partial charge on any atom is -0.383 e. The van der Waals surface area contributed by atoms with Gasteiger partial charge in [-0.15, -0.1) is 0 Å². The molecule has 7 nitrogen and oxygen atoms in total. The minimum atomic E-state index is -5.07. The number of pyridine rings is 1. The monoisotopic (exact) mass is 352 g/mol. The van der Waals surface area contributed by atoms with E-state index in [4.69, 9.17) is 5.73 Å². The van der Waals surface area contributed by atoms with E-state index in [2.05, 4.69) is 15.1 Å². The van der Waals surface area contributed by atoms with Crippen LogP contribution in [0.25, 0.3) is 5.82 Å². The van der Waals surface area contributed by atoms with Crippen molar-refractivity contribution < 1.29 is 18.3 Å². The number of halogens is 3. The molecule has 0 aliphatic heterocycles. The van der Waals surface area contributed by atoms with Crippen LogP contribution in [0.15, 0.2) is 36.8 Å². The zero-order valence-corrected chi connectivity index (χ0v) is 13.4. The van der Waals surface area contributed by atoms with Gasteiger partial charge in [-0.05, 0) is 19.1 Å². The first kappa shape index (κ1) is 17.0. The van der Waals surface area contributed by atoms with Crippen LogP contribution in [0.3, 0.4) is 0 Å². The molecule has 1 atom stereocenters. The summed E-state index contributed by atoms with van der Waals surface area (Å²) >= 11 is 0. The van der Waals surface area contributed by atoms with Crippen LogP contribution in [-0.4, -0.2) is 35.6 Å². The largest absolute Gasteiger partial charge is 0.429 e. The predicted octanol–water partition coefficient (Wildman–Crippen LogP) is 1.69. The maximum Gasteiger partial charge on any atom is 0.429 e. The van der Waals surface area contributed by atoms with Crippen molar-refractivity contribution in [3.05, 3.63) is 53.9 Å². The maximum atomic E-state index is 13.9. The van der Waals surface area contributed by atoms with Crippen LogP contribution >= 0.6 is 0 Å². The second-order valence-electron chi connectivity index (χ2n) is 5.52. The molecular formula is C15H15F3N6O. The van der Waals surface area contributed by atoms with Gasteiger partial charge in [-0.25, -0.2) is 9.97 Å². The molecule has 3 aromatic rings. The summed E-state index contributed by atoms with van der Waals surface area (Å²) in [5.74, 6) is -0.729. The maximum absolute atomic E-state index is 13.9. The number of nitrogens with zero attached hydrogens (tertiary/aromatic N) is 5. The third-order valence-corrected chi connectivity index (χ3v) is 3.88. The Kier molecular flexibility index (Phi) is 3.79. The third kappa shape index (κ3) is 2.45. The lowest BCUT2D eigenvalue weighted by atomic mass is 9.91. The van der Waals surface area contributed by atoms with Crippen LogP contribution in [0, 0.1) is 6.92 Å². The molecule has 3 rings (SSSR count). The Morgan fingerprint density at radius 3 is 2.40 bits per heavy atom. The number of rotatable bonds is 3. The highest BCUT2D eigenvalue weighted by Gasteiger charge is 2.61. The molecule has 0 fully saturated rings. The van der Waals surface area contributed by atoms with Crippen LogP contribution in [0.5, 0.6) is 0 Å². The Labute approximate surface area is 140 Å². The van der Waals surface area contributed by atoms with Crippen LogP contribution < -0.4 is 5.73 Å². The molecule has 0 aromatic carbocycles. The molecular weight excluding hydrogens is 337 g/mol. The number of nitrogen functional groups attached to an aromatic ring is 1. The third-order valence-electron chi connectivity index (χ3n) is 3.88. The summed E-state index contributed by atoms with van der Waals surface area (Å²) in [4.78, 5) is 7.71. The van der Waals surface area contributed by atoms with Crippen molar-refractivity contribution in [2.24, 2.45) is 7.05 Å². The number of imidazole rings is 1. The lowest BCUT2D eigenvalue weighted by molar-refractivity contribution is -0.251. The molecule has 0 radical (unpaired) electrons. The second-order valence-corrected chi connectivity index (χ2v) is 5.52. The number of anilines is 1. The summed E-state index contributed by atoms with van der Waals surface area (Å²) in [5, 5.41) is 14.8. The van der Waals surface area contributed by atoms with Gasteiger partial charge in [-0.3, -0.25) is 0 Å². The van der Waals surface area contributed by atoms with Crippen molar-refractivity contribution in [2.75, 3.05) is 5.73 Å². The van der Waals surface area contributed by atoms with E-state index in [0.717, 1.165) is 9.25 Å². The number of hydrogen-bond acceptors (Lipinski definition) is 5. The van der Waals surface area contributed by atoms with Gasteiger partial charge in [-0.2, -0.15) is 23.0 Å². The van der Waals surface area contributed by atoms with E-state index in [1.54, 1.807) is 18.2 Å². The zero-order valence-electron chi connectivity index (χ0n) is 13.4. The lowest BCUT2D eigenvalue weighted by Gasteiger charge is -2.30. The fraction of sp³-hybridized carbons (Fsp3) is 0.267. The highest BCUT2D eigenvalue weighted by atomic mass is 19.4. The Morgan fingerprint density at radius 2 is 1.88 bits per heavy atom. The zero-order chi connectivity index (χ0) is 18.4. The van der Waals surface area contributed by atoms with Crippen LogP contribution in [-0.2, 0) is 12.6 Å². The van der Waals surface area contributed by atoms with Crippen LogP contribution in [0.2, 0.25) is 0 Å². The molecule has 0 saturated heterocycles. The molecule has 3 N–H and O–H groups in total. The van der Waals surface area contributed by atoms with Gasteiger partial charge in [0.1, 0.15) is 5.82 Å². The second kappa shape index (κ2) is 5.59. The van der Waals surface area contributed by atoms with Gasteiger partial charge in [-0.1, -0.05) is 6.07 Å². The van der Waals surface area contributed by atoms with Gasteiger partial charge in [0.05, 0.1) is 11.3 Å². The molecule has 0 saturated carbocycles. The summed E-state index contributed by atoms with van der Waals surface area (Å²) in [6.07, 6.45) is -1.13. The number of aryl methyl sites for hydroxylation is 2. The molecule has 3 aromatic heterocycles. The van der Waals surface area contributed by atoms with Crippen molar-refractivity contribution in [3.8, 4) is 5.82 Å². The quantitative estimate of drug-likeness (QED) is 0.748. The first-order valence-electron chi connectivity index (χ1n) is 7.21. The van der Waals surface area contributed by atoms with E-state index in [1.165, 1.54) is 32.6 Å². The molecule has 132 valence electrons. The molecule has 0 bridgehead atoms. The molecule has 0 amide bonds. The summed E-state index contributed by atoms with van der Waals surface area (Å²) in [6, 6.07) is 4.84. The Balaban J connectivity index is 2.30. The van der Waals surface area contributed by atoms with Gasteiger partial charge in [0.15, 0.2) is 11.6 Å².